The molecule has 0 fully saturated rings. The third-order valence-electron chi connectivity index (χ3n) is 7.72. The molecular weight excluding hydrogens is 590 g/mol. The van der Waals surface area contributed by atoms with Crippen molar-refractivity contribution in [3.63, 3.8) is 0 Å². The smallest absolute Gasteiger partial charge is 0.407 e. The fourth-order valence-electron chi connectivity index (χ4n) is 5.33. The van der Waals surface area contributed by atoms with E-state index in [1.165, 1.54) is 0 Å². The van der Waals surface area contributed by atoms with E-state index in [0.717, 1.165) is 27.8 Å². The van der Waals surface area contributed by atoms with Gasteiger partial charge in [0.25, 0.3) is 0 Å². The number of alkyl carbamates (subject to hydrolysis) is 1. The molecule has 3 aromatic carbocycles. The van der Waals surface area contributed by atoms with Crippen LogP contribution >= 0.6 is 0 Å². The van der Waals surface area contributed by atoms with Crippen molar-refractivity contribution in [2.24, 2.45) is 11.1 Å². The van der Waals surface area contributed by atoms with Gasteiger partial charge >= 0.3 is 12.1 Å². The molecule has 1 aliphatic carbocycles. The molecule has 0 unspecified atom stereocenters. The monoisotopic (exact) mass is 629 g/mol. The van der Waals surface area contributed by atoms with E-state index in [0.29, 0.717) is 18.5 Å². The molecule has 0 heterocycles. The van der Waals surface area contributed by atoms with Crippen LogP contribution in [-0.4, -0.2) is 67.2 Å². The Hall–Kier alpha value is -5.23. The van der Waals surface area contributed by atoms with E-state index in [9.17, 15) is 29.1 Å². The molecule has 12 heteroatoms. The van der Waals surface area contributed by atoms with Gasteiger partial charge < -0.3 is 36.8 Å². The second-order valence-electron chi connectivity index (χ2n) is 11.8. The van der Waals surface area contributed by atoms with Crippen LogP contribution in [0.2, 0.25) is 0 Å². The van der Waals surface area contributed by atoms with Crippen molar-refractivity contribution in [3.8, 4) is 11.1 Å². The maximum absolute atomic E-state index is 12.3. The van der Waals surface area contributed by atoms with Crippen LogP contribution in [0, 0.1) is 5.41 Å². The Morgan fingerprint density at radius 2 is 1.30 bits per heavy atom. The normalized spacial score (nSPS) is 12.7. The van der Waals surface area contributed by atoms with Gasteiger partial charge in [0.15, 0.2) is 0 Å². The van der Waals surface area contributed by atoms with Crippen molar-refractivity contribution in [1.29, 1.82) is 0 Å². The second kappa shape index (κ2) is 15.2. The summed E-state index contributed by atoms with van der Waals surface area (Å²) in [4.78, 5) is 60.1. The number of aliphatic carboxylic acids is 1. The predicted molar refractivity (Wildman–Crippen MR) is 172 cm³/mol. The SMILES string of the molecule is CC(C)(C[C@@H](N)Cc1ccc(NC(=O)CNC(=O)CNC(=O)CNC(=O)OCC2c3ccccc3-c3ccccc32)cc1)C(=O)O. The minimum absolute atomic E-state index is 0.108. The van der Waals surface area contributed by atoms with Crippen LogP contribution in [0.25, 0.3) is 11.1 Å². The standard InChI is InChI=1S/C34H39N5O7/c1-34(2,32(43)44)16-22(35)15-21-11-13-23(14-12-21)39-31(42)19-37-29(40)17-36-30(41)18-38-33(45)46-20-28-26-9-5-3-7-24(26)25-8-4-6-10-27(25)28/h3-14,22,28H,15-20,35H2,1-2H3,(H,36,41)(H,37,40)(H,38,45)(H,39,42)(H,43,44)/t22-/m0/s1. The number of benzene rings is 3. The Morgan fingerprint density at radius 1 is 0.783 bits per heavy atom. The van der Waals surface area contributed by atoms with Crippen molar-refractivity contribution in [1.82, 2.24) is 16.0 Å². The lowest BCUT2D eigenvalue weighted by Crippen LogP contribution is -2.43. The maximum atomic E-state index is 12.3. The van der Waals surface area contributed by atoms with Crippen LogP contribution in [0.5, 0.6) is 0 Å². The Morgan fingerprint density at radius 3 is 1.87 bits per heavy atom. The van der Waals surface area contributed by atoms with Crippen molar-refractivity contribution >= 4 is 35.5 Å². The lowest BCUT2D eigenvalue weighted by atomic mass is 9.84. The van der Waals surface area contributed by atoms with E-state index >= 15 is 0 Å². The summed E-state index contributed by atoms with van der Waals surface area (Å²) in [6.07, 6.45) is 0.0421. The predicted octanol–water partition coefficient (Wildman–Crippen LogP) is 2.77. The molecule has 46 heavy (non-hydrogen) atoms. The summed E-state index contributed by atoms with van der Waals surface area (Å²) >= 11 is 0. The average Bonchev–Trinajstić information content (AvgIpc) is 3.35. The average molecular weight is 630 g/mol. The van der Waals surface area contributed by atoms with Crippen molar-refractivity contribution < 1.29 is 33.8 Å². The van der Waals surface area contributed by atoms with Crippen LogP contribution in [0.15, 0.2) is 72.8 Å². The number of carboxylic acids is 1. The van der Waals surface area contributed by atoms with Crippen molar-refractivity contribution in [2.45, 2.75) is 38.6 Å². The summed E-state index contributed by atoms with van der Waals surface area (Å²) in [6.45, 7) is 2.29. The van der Waals surface area contributed by atoms with E-state index < -0.39 is 35.2 Å². The molecule has 0 aliphatic heterocycles. The molecule has 0 aromatic heterocycles. The highest BCUT2D eigenvalue weighted by Gasteiger charge is 2.30. The van der Waals surface area contributed by atoms with Crippen LogP contribution in [-0.2, 0) is 30.3 Å². The summed E-state index contributed by atoms with van der Waals surface area (Å²) in [7, 11) is 0. The van der Waals surface area contributed by atoms with E-state index in [1.54, 1.807) is 38.1 Å². The zero-order chi connectivity index (χ0) is 33.3. The minimum Gasteiger partial charge on any atom is -0.481 e. The molecule has 0 saturated carbocycles. The van der Waals surface area contributed by atoms with Gasteiger partial charge in [0, 0.05) is 17.6 Å². The molecule has 1 atom stereocenters. The number of rotatable bonds is 14. The summed E-state index contributed by atoms with van der Waals surface area (Å²) in [5, 5.41) is 19.1. The van der Waals surface area contributed by atoms with Gasteiger partial charge in [-0.25, -0.2) is 4.79 Å². The molecule has 0 saturated heterocycles. The molecule has 4 rings (SSSR count). The lowest BCUT2D eigenvalue weighted by molar-refractivity contribution is -0.147. The summed E-state index contributed by atoms with van der Waals surface area (Å²) in [6, 6.07) is 22.5. The third kappa shape index (κ3) is 9.14. The van der Waals surface area contributed by atoms with Crippen LogP contribution in [0.3, 0.4) is 0 Å². The first-order valence-corrected chi connectivity index (χ1v) is 14.9. The highest BCUT2D eigenvalue weighted by molar-refractivity contribution is 5.95. The van der Waals surface area contributed by atoms with E-state index in [2.05, 4.69) is 21.3 Å². The highest BCUT2D eigenvalue weighted by atomic mass is 16.5. The summed E-state index contributed by atoms with van der Waals surface area (Å²) < 4.78 is 5.40. The molecule has 1 aliphatic rings. The molecule has 242 valence electrons. The number of fused-ring (bicyclic) bond motifs is 3. The number of amides is 4. The summed E-state index contributed by atoms with van der Waals surface area (Å²) in [5.41, 5.74) is 11.0. The molecule has 0 radical (unpaired) electrons. The summed E-state index contributed by atoms with van der Waals surface area (Å²) in [5.74, 6) is -2.67. The number of nitrogens with one attached hydrogen (secondary N) is 4. The molecule has 7 N–H and O–H groups in total. The van der Waals surface area contributed by atoms with Crippen molar-refractivity contribution in [3.05, 3.63) is 89.5 Å². The quantitative estimate of drug-likeness (QED) is 0.157. The molecule has 12 nitrogen and oxygen atoms in total. The van der Waals surface area contributed by atoms with Gasteiger partial charge in [-0.2, -0.15) is 0 Å². The zero-order valence-corrected chi connectivity index (χ0v) is 25.8. The van der Waals surface area contributed by atoms with Gasteiger partial charge in [0.2, 0.25) is 17.7 Å². The van der Waals surface area contributed by atoms with Gasteiger partial charge in [-0.05, 0) is 66.6 Å². The number of nitrogens with two attached hydrogens (primary N) is 1. The first kappa shape index (κ1) is 33.7. The Bertz CT molecular complexity index is 1540. The van der Waals surface area contributed by atoms with Crippen molar-refractivity contribution in [2.75, 3.05) is 31.6 Å². The van der Waals surface area contributed by atoms with E-state index in [-0.39, 0.29) is 38.2 Å². The van der Waals surface area contributed by atoms with Crippen LogP contribution < -0.4 is 27.0 Å². The van der Waals surface area contributed by atoms with Crippen LogP contribution in [0.4, 0.5) is 10.5 Å². The van der Waals surface area contributed by atoms with Gasteiger partial charge in [-0.1, -0.05) is 60.7 Å². The molecule has 0 bridgehead atoms. The number of carbonyl (C=O) groups excluding carboxylic acids is 4. The number of anilines is 1. The molecule has 4 amide bonds. The number of hydrogen-bond acceptors (Lipinski definition) is 7. The van der Waals surface area contributed by atoms with Gasteiger partial charge in [-0.15, -0.1) is 0 Å². The third-order valence-corrected chi connectivity index (χ3v) is 7.72. The number of carbonyl (C=O) groups is 5. The first-order chi connectivity index (χ1) is 21.9. The number of ether oxygens (including phenoxy) is 1. The topological polar surface area (TPSA) is 189 Å². The highest BCUT2D eigenvalue weighted by Crippen LogP contribution is 2.44. The second-order valence-corrected chi connectivity index (χ2v) is 11.8. The Kier molecular flexibility index (Phi) is 11.1. The van der Waals surface area contributed by atoms with E-state index in [4.69, 9.17) is 10.5 Å². The lowest BCUT2D eigenvalue weighted by Gasteiger charge is -2.23. The van der Waals surface area contributed by atoms with Crippen LogP contribution in [0.1, 0.15) is 42.9 Å². The molecular formula is C34H39N5O7. The van der Waals surface area contributed by atoms with Gasteiger partial charge in [0.05, 0.1) is 18.5 Å². The fraction of sp³-hybridized carbons (Fsp3) is 0.324. The fourth-order valence-corrected chi connectivity index (χ4v) is 5.33. The first-order valence-electron chi connectivity index (χ1n) is 14.9. The zero-order valence-electron chi connectivity index (χ0n) is 25.8. The number of hydrogen-bond donors (Lipinski definition) is 6. The minimum atomic E-state index is -0.928. The Balaban J connectivity index is 1.10. The molecule has 0 spiro atoms. The molecule has 3 aromatic rings. The maximum Gasteiger partial charge on any atom is 0.407 e. The van der Waals surface area contributed by atoms with Gasteiger partial charge in [-0.3, -0.25) is 19.2 Å². The van der Waals surface area contributed by atoms with E-state index in [1.807, 2.05) is 48.5 Å². The van der Waals surface area contributed by atoms with Gasteiger partial charge in [0.1, 0.15) is 13.2 Å². The Labute approximate surface area is 267 Å². The number of carboxylic acid groups (broad SMARTS) is 1. The largest absolute Gasteiger partial charge is 0.481 e.